The second-order valence-electron chi connectivity index (χ2n) is 3.26. The molecule has 0 aliphatic carbocycles. The standard InChI is InChI=1S/C9H17BF3.K/c1-2-3-4-5-6-7-8-9-10(11,12)13;/h8-9H,2-7H2,1H3;/q-1;+1/b9-8+;. The van der Waals surface area contributed by atoms with Gasteiger partial charge in [-0.3, -0.25) is 0 Å². The normalized spacial score (nSPS) is 11.7. The molecule has 0 nitrogen and oxygen atoms in total. The van der Waals surface area contributed by atoms with Crippen molar-refractivity contribution in [1.82, 2.24) is 0 Å². The van der Waals surface area contributed by atoms with E-state index in [9.17, 15) is 12.9 Å². The van der Waals surface area contributed by atoms with Crippen LogP contribution in [0, 0.1) is 0 Å². The zero-order valence-corrected chi connectivity index (χ0v) is 12.2. The Labute approximate surface area is 127 Å². The monoisotopic (exact) mass is 232 g/mol. The number of hydrogen-bond acceptors (Lipinski definition) is 0. The van der Waals surface area contributed by atoms with E-state index >= 15 is 0 Å². The Balaban J connectivity index is 0. The van der Waals surface area contributed by atoms with Crippen LogP contribution in [0.1, 0.15) is 45.4 Å². The number of allylic oxidation sites excluding steroid dienone is 1. The van der Waals surface area contributed by atoms with Crippen molar-refractivity contribution >= 4 is 6.98 Å². The predicted molar refractivity (Wildman–Crippen MR) is 51.6 cm³/mol. The summed E-state index contributed by atoms with van der Waals surface area (Å²) in [4.78, 5) is 0. The Hall–Kier alpha value is 1.23. The summed E-state index contributed by atoms with van der Waals surface area (Å²) in [6, 6.07) is 0. The van der Waals surface area contributed by atoms with E-state index in [1.165, 1.54) is 18.9 Å². The first-order valence-electron chi connectivity index (χ1n) is 4.94. The first kappa shape index (κ1) is 17.6. The molecule has 0 rings (SSSR count). The van der Waals surface area contributed by atoms with Crippen LogP contribution in [0.2, 0.25) is 0 Å². The smallest absolute Gasteiger partial charge is 0.445 e. The van der Waals surface area contributed by atoms with E-state index in [0.29, 0.717) is 12.4 Å². The fraction of sp³-hybridized carbons (Fsp3) is 0.778. The van der Waals surface area contributed by atoms with Crippen LogP contribution in [0.25, 0.3) is 0 Å². The minimum absolute atomic E-state index is 0. The van der Waals surface area contributed by atoms with Gasteiger partial charge in [0.2, 0.25) is 0 Å². The van der Waals surface area contributed by atoms with Gasteiger partial charge in [0.05, 0.1) is 0 Å². The van der Waals surface area contributed by atoms with Crippen LogP contribution in [0.3, 0.4) is 0 Å². The van der Waals surface area contributed by atoms with Gasteiger partial charge in [0.15, 0.2) is 0 Å². The first-order chi connectivity index (χ1) is 6.06. The van der Waals surface area contributed by atoms with E-state index in [0.717, 1.165) is 19.3 Å². The zero-order valence-electron chi connectivity index (χ0n) is 9.11. The van der Waals surface area contributed by atoms with Crippen LogP contribution in [-0.4, -0.2) is 6.98 Å². The van der Waals surface area contributed by atoms with E-state index in [2.05, 4.69) is 6.92 Å². The van der Waals surface area contributed by atoms with Gasteiger partial charge in [0.1, 0.15) is 0 Å². The number of halogens is 3. The maximum Gasteiger partial charge on any atom is 1.00 e. The molecule has 0 bridgehead atoms. The molecule has 0 amide bonds. The first-order valence-corrected chi connectivity index (χ1v) is 4.94. The van der Waals surface area contributed by atoms with Crippen molar-refractivity contribution in [1.29, 1.82) is 0 Å². The SMILES string of the molecule is CCCCCCC/C=C/[B-](F)(F)F.[K+]. The molecule has 0 saturated carbocycles. The van der Waals surface area contributed by atoms with Crippen LogP contribution >= 0.6 is 0 Å². The molecular formula is C9H17BF3K. The van der Waals surface area contributed by atoms with Gasteiger partial charge in [-0.2, -0.15) is 0 Å². The topological polar surface area (TPSA) is 0 Å². The molecule has 0 spiro atoms. The largest absolute Gasteiger partial charge is 1.00 e. The third-order valence-electron chi connectivity index (χ3n) is 1.83. The van der Waals surface area contributed by atoms with Crippen LogP contribution in [0.4, 0.5) is 12.9 Å². The average molecular weight is 232 g/mol. The summed E-state index contributed by atoms with van der Waals surface area (Å²) in [6.45, 7) is -2.59. The van der Waals surface area contributed by atoms with Crippen molar-refractivity contribution in [3.63, 3.8) is 0 Å². The number of unbranched alkanes of at least 4 members (excludes halogenated alkanes) is 5. The Morgan fingerprint density at radius 1 is 1.00 bits per heavy atom. The molecular weight excluding hydrogens is 215 g/mol. The average Bonchev–Trinajstić information content (AvgIpc) is 2.01. The van der Waals surface area contributed by atoms with Gasteiger partial charge in [-0.05, 0) is 12.8 Å². The van der Waals surface area contributed by atoms with E-state index in [1.54, 1.807) is 0 Å². The summed E-state index contributed by atoms with van der Waals surface area (Å²) >= 11 is 0. The van der Waals surface area contributed by atoms with E-state index < -0.39 is 6.98 Å². The van der Waals surface area contributed by atoms with E-state index in [1.807, 2.05) is 0 Å². The van der Waals surface area contributed by atoms with Gasteiger partial charge in [0, 0.05) is 0 Å². The summed E-state index contributed by atoms with van der Waals surface area (Å²) in [5.41, 5.74) is 0. The van der Waals surface area contributed by atoms with Gasteiger partial charge in [0.25, 0.3) is 0 Å². The Morgan fingerprint density at radius 3 is 2.07 bits per heavy atom. The molecule has 0 aliphatic rings. The third kappa shape index (κ3) is 15.7. The molecule has 0 heterocycles. The van der Waals surface area contributed by atoms with Crippen LogP contribution in [-0.2, 0) is 0 Å². The minimum atomic E-state index is -4.71. The van der Waals surface area contributed by atoms with Crippen molar-refractivity contribution in [3.8, 4) is 0 Å². The summed E-state index contributed by atoms with van der Waals surface area (Å²) < 4.78 is 35.0. The summed E-state index contributed by atoms with van der Waals surface area (Å²) in [5.74, 6) is 0.389. The maximum atomic E-state index is 11.7. The van der Waals surface area contributed by atoms with Crippen LogP contribution < -0.4 is 51.4 Å². The predicted octanol–water partition coefficient (Wildman–Crippen LogP) is 1.29. The van der Waals surface area contributed by atoms with Crippen molar-refractivity contribution in [2.24, 2.45) is 0 Å². The molecule has 0 atom stereocenters. The molecule has 5 heteroatoms. The molecule has 0 fully saturated rings. The molecule has 0 radical (unpaired) electrons. The zero-order chi connectivity index (χ0) is 10.2. The summed E-state index contributed by atoms with van der Waals surface area (Å²) in [7, 11) is 0. The van der Waals surface area contributed by atoms with E-state index in [4.69, 9.17) is 0 Å². The second-order valence-corrected chi connectivity index (χ2v) is 3.26. The fourth-order valence-electron chi connectivity index (χ4n) is 1.12. The van der Waals surface area contributed by atoms with Crippen LogP contribution in [0.5, 0.6) is 0 Å². The molecule has 0 aromatic rings. The van der Waals surface area contributed by atoms with E-state index in [-0.39, 0.29) is 51.4 Å². The third-order valence-corrected chi connectivity index (χ3v) is 1.83. The van der Waals surface area contributed by atoms with Crippen molar-refractivity contribution in [2.45, 2.75) is 45.4 Å². The molecule has 0 saturated heterocycles. The van der Waals surface area contributed by atoms with Gasteiger partial charge in [-0.25, -0.2) is 0 Å². The number of rotatable bonds is 7. The van der Waals surface area contributed by atoms with Gasteiger partial charge in [-0.15, -0.1) is 12.1 Å². The molecule has 78 valence electrons. The molecule has 0 aliphatic heterocycles. The fourth-order valence-corrected chi connectivity index (χ4v) is 1.12. The number of hydrogen-bond donors (Lipinski definition) is 0. The maximum absolute atomic E-state index is 11.7. The quantitative estimate of drug-likeness (QED) is 0.458. The van der Waals surface area contributed by atoms with Gasteiger partial charge >= 0.3 is 58.4 Å². The van der Waals surface area contributed by atoms with Crippen molar-refractivity contribution < 1.29 is 64.3 Å². The van der Waals surface area contributed by atoms with Crippen molar-refractivity contribution in [2.75, 3.05) is 0 Å². The molecule has 0 aromatic carbocycles. The van der Waals surface area contributed by atoms with Gasteiger partial charge in [-0.1, -0.05) is 32.6 Å². The Kier molecular flexibility index (Phi) is 13.5. The van der Waals surface area contributed by atoms with Crippen molar-refractivity contribution in [3.05, 3.63) is 12.1 Å². The Morgan fingerprint density at radius 2 is 1.57 bits per heavy atom. The minimum Gasteiger partial charge on any atom is -0.445 e. The molecule has 0 unspecified atom stereocenters. The Bertz CT molecular complexity index is 145. The molecule has 14 heavy (non-hydrogen) atoms. The van der Waals surface area contributed by atoms with Gasteiger partial charge < -0.3 is 12.9 Å². The second kappa shape index (κ2) is 10.7. The molecule has 0 aromatic heterocycles. The summed E-state index contributed by atoms with van der Waals surface area (Å²) in [6.07, 6.45) is 7.22. The molecule has 0 N–H and O–H groups in total. The summed E-state index contributed by atoms with van der Waals surface area (Å²) in [5, 5.41) is 0. The van der Waals surface area contributed by atoms with Crippen LogP contribution in [0.15, 0.2) is 12.1 Å².